The maximum Gasteiger partial charge on any atom is 0.251 e. The number of hydrogen-bond donors (Lipinski definition) is 4. The summed E-state index contributed by atoms with van der Waals surface area (Å²) in [5.74, 6) is 0.0166. The minimum absolute atomic E-state index is 0.0321. The summed E-state index contributed by atoms with van der Waals surface area (Å²) < 4.78 is 0. The zero-order valence-corrected chi connectivity index (χ0v) is 24.0. The van der Waals surface area contributed by atoms with Crippen molar-refractivity contribution in [1.29, 1.82) is 0 Å². The molecule has 0 saturated heterocycles. The zero-order valence-electron chi connectivity index (χ0n) is 24.0. The molecule has 2 aliphatic rings. The topological polar surface area (TPSA) is 89.8 Å². The van der Waals surface area contributed by atoms with Crippen molar-refractivity contribution in [3.8, 4) is 0 Å². The Labute approximate surface area is 220 Å². The Balaban J connectivity index is 1.83. The van der Waals surface area contributed by atoms with Crippen LogP contribution < -0.4 is 10.6 Å². The first-order valence-electron chi connectivity index (χ1n) is 12.9. The first kappa shape index (κ1) is 26.5. The molecule has 0 radical (unpaired) electrons. The lowest BCUT2D eigenvalue weighted by Crippen LogP contribution is -2.22. The van der Waals surface area contributed by atoms with Gasteiger partial charge in [-0.05, 0) is 106 Å². The van der Waals surface area contributed by atoms with Gasteiger partial charge in [0, 0.05) is 51.2 Å². The molecule has 37 heavy (non-hydrogen) atoms. The summed E-state index contributed by atoms with van der Waals surface area (Å²) in [7, 11) is 0. The molecule has 0 saturated carbocycles. The van der Waals surface area contributed by atoms with E-state index in [2.05, 4.69) is 81.2 Å². The van der Waals surface area contributed by atoms with Gasteiger partial charge < -0.3 is 20.6 Å². The lowest BCUT2D eigenvalue weighted by Gasteiger charge is -2.31. The Morgan fingerprint density at radius 3 is 1.19 bits per heavy atom. The summed E-state index contributed by atoms with van der Waals surface area (Å²) in [5.41, 5.74) is 14.3. The van der Waals surface area contributed by atoms with Gasteiger partial charge in [-0.25, -0.2) is 0 Å². The molecule has 196 valence electrons. The highest BCUT2D eigenvalue weighted by Crippen LogP contribution is 2.44. The molecule has 6 heteroatoms. The second-order valence-electron chi connectivity index (χ2n) is 11.7. The number of amides is 2. The number of hydrogen-bond acceptors (Lipinski definition) is 2. The van der Waals surface area contributed by atoms with Gasteiger partial charge in [-0.3, -0.25) is 9.59 Å². The second kappa shape index (κ2) is 9.09. The summed E-state index contributed by atoms with van der Waals surface area (Å²) in [6, 6.07) is 0. The predicted octanol–water partition coefficient (Wildman–Crippen LogP) is 6.37. The Morgan fingerprint density at radius 2 is 0.919 bits per heavy atom. The van der Waals surface area contributed by atoms with Crippen molar-refractivity contribution in [2.24, 2.45) is 5.41 Å². The molecule has 4 rings (SSSR count). The van der Waals surface area contributed by atoms with Crippen LogP contribution in [0.3, 0.4) is 0 Å². The summed E-state index contributed by atoms with van der Waals surface area (Å²) >= 11 is 0. The Kier molecular flexibility index (Phi) is 6.51. The van der Waals surface area contributed by atoms with Crippen LogP contribution in [0.25, 0.3) is 12.2 Å². The fourth-order valence-electron chi connectivity index (χ4n) is 5.29. The average molecular weight is 501 g/mol. The van der Waals surface area contributed by atoms with Crippen LogP contribution >= 0.6 is 0 Å². The smallest absolute Gasteiger partial charge is 0.251 e. The van der Waals surface area contributed by atoms with E-state index in [0.29, 0.717) is 0 Å². The van der Waals surface area contributed by atoms with Crippen molar-refractivity contribution in [2.75, 3.05) is 0 Å². The predicted molar refractivity (Wildman–Crippen MR) is 151 cm³/mol. The fraction of sp³-hybridized carbons (Fsp3) is 0.419. The lowest BCUT2D eigenvalue weighted by molar-refractivity contribution is -0.117. The molecular formula is C31H40N4O2. The van der Waals surface area contributed by atoms with Gasteiger partial charge in [0.15, 0.2) is 0 Å². The SMILES string of the molecule is CC1=C(C)/C(=C/c2[nH]c(C(c3[nH]c(/C=C4\NC(=O)C(C)=C4C)c(C)c3C)C(C)(C)C)c(C)c2C)NC1=O. The Morgan fingerprint density at radius 1 is 0.568 bits per heavy atom. The van der Waals surface area contributed by atoms with E-state index in [4.69, 9.17) is 0 Å². The van der Waals surface area contributed by atoms with Crippen molar-refractivity contribution in [1.82, 2.24) is 20.6 Å². The third-order valence-corrected chi connectivity index (χ3v) is 8.41. The zero-order chi connectivity index (χ0) is 27.6. The maximum absolute atomic E-state index is 12.2. The largest absolute Gasteiger partial charge is 0.358 e. The van der Waals surface area contributed by atoms with Gasteiger partial charge in [0.25, 0.3) is 11.8 Å². The van der Waals surface area contributed by atoms with Crippen molar-refractivity contribution in [3.05, 3.63) is 78.7 Å². The molecule has 2 aromatic heterocycles. The first-order chi connectivity index (χ1) is 17.1. The van der Waals surface area contributed by atoms with Gasteiger partial charge in [-0.1, -0.05) is 20.8 Å². The number of aromatic nitrogens is 2. The van der Waals surface area contributed by atoms with Gasteiger partial charge in [0.1, 0.15) is 0 Å². The van der Waals surface area contributed by atoms with E-state index in [1.54, 1.807) is 0 Å². The van der Waals surface area contributed by atoms with Gasteiger partial charge in [0.2, 0.25) is 0 Å². The van der Waals surface area contributed by atoms with Crippen LogP contribution in [-0.4, -0.2) is 21.8 Å². The van der Waals surface area contributed by atoms with Crippen molar-refractivity contribution in [3.63, 3.8) is 0 Å². The van der Waals surface area contributed by atoms with Gasteiger partial charge >= 0.3 is 0 Å². The van der Waals surface area contributed by atoms with Crippen LogP contribution in [-0.2, 0) is 9.59 Å². The molecule has 2 aromatic rings. The van der Waals surface area contributed by atoms with Gasteiger partial charge in [-0.15, -0.1) is 0 Å². The maximum atomic E-state index is 12.2. The molecule has 0 spiro atoms. The monoisotopic (exact) mass is 500 g/mol. The third-order valence-electron chi connectivity index (χ3n) is 8.41. The molecule has 0 fully saturated rings. The molecule has 0 atom stereocenters. The second-order valence-corrected chi connectivity index (χ2v) is 11.7. The number of carbonyl (C=O) groups is 2. The summed E-state index contributed by atoms with van der Waals surface area (Å²) in [6.07, 6.45) is 4.11. The van der Waals surface area contributed by atoms with Crippen LogP contribution in [0.15, 0.2) is 33.7 Å². The molecule has 2 aliphatic heterocycles. The Bertz CT molecular complexity index is 1360. The van der Waals surface area contributed by atoms with Crippen LogP contribution in [0.1, 0.15) is 99.4 Å². The van der Waals surface area contributed by atoms with Crippen molar-refractivity contribution < 1.29 is 9.59 Å². The van der Waals surface area contributed by atoms with E-state index in [0.717, 1.165) is 45.1 Å². The number of carbonyl (C=O) groups excluding carboxylic acids is 2. The number of nitrogens with one attached hydrogen (secondary N) is 4. The molecule has 2 amide bonds. The molecule has 6 nitrogen and oxygen atoms in total. The summed E-state index contributed by atoms with van der Waals surface area (Å²) in [5, 5.41) is 5.99. The third kappa shape index (κ3) is 4.43. The highest BCUT2D eigenvalue weighted by atomic mass is 16.2. The molecule has 0 aliphatic carbocycles. The minimum atomic E-state index is -0.0824. The van der Waals surface area contributed by atoms with Crippen molar-refractivity contribution in [2.45, 2.75) is 82.1 Å². The Hall–Kier alpha value is -3.54. The summed E-state index contributed by atoms with van der Waals surface area (Å²) in [6.45, 7) is 23.1. The molecule has 0 bridgehead atoms. The van der Waals surface area contributed by atoms with E-state index in [-0.39, 0.29) is 23.1 Å². The van der Waals surface area contributed by atoms with Crippen LogP contribution in [0.4, 0.5) is 0 Å². The minimum Gasteiger partial charge on any atom is -0.358 e. The quantitative estimate of drug-likeness (QED) is 0.393. The van der Waals surface area contributed by atoms with Crippen molar-refractivity contribution >= 4 is 24.0 Å². The highest BCUT2D eigenvalue weighted by molar-refractivity contribution is 6.01. The van der Waals surface area contributed by atoms with E-state index in [1.165, 1.54) is 33.6 Å². The normalized spacial score (nSPS) is 19.5. The highest BCUT2D eigenvalue weighted by Gasteiger charge is 2.35. The average Bonchev–Trinajstić information content (AvgIpc) is 3.42. The standard InChI is InChI=1S/C31H40N4O2/c1-14-18(5)27(32-22(14)12-24-16(3)20(7)29(36)34-24)26(31(9,10)11)28-19(6)15(2)23(33-28)13-25-17(4)21(8)30(37)35-25/h12-13,26,32-33H,1-11H3,(H,34,36)(H,35,37)/b24-12-,25-13-. The van der Waals surface area contributed by atoms with E-state index >= 15 is 0 Å². The van der Waals surface area contributed by atoms with Crippen LogP contribution in [0.2, 0.25) is 0 Å². The molecular weight excluding hydrogens is 460 g/mol. The van der Waals surface area contributed by atoms with Gasteiger partial charge in [-0.2, -0.15) is 0 Å². The van der Waals surface area contributed by atoms with Crippen LogP contribution in [0.5, 0.6) is 0 Å². The lowest BCUT2D eigenvalue weighted by atomic mass is 9.74. The van der Waals surface area contributed by atoms with E-state index in [9.17, 15) is 9.59 Å². The van der Waals surface area contributed by atoms with E-state index < -0.39 is 0 Å². The molecule has 0 aromatic carbocycles. The number of rotatable bonds is 4. The van der Waals surface area contributed by atoms with E-state index in [1.807, 2.05) is 27.7 Å². The van der Waals surface area contributed by atoms with Gasteiger partial charge in [0.05, 0.1) is 0 Å². The number of allylic oxidation sites excluding steroid dienone is 2. The molecule has 4 heterocycles. The number of aromatic amines is 2. The first-order valence-corrected chi connectivity index (χ1v) is 12.9. The molecule has 0 unspecified atom stereocenters. The molecule has 4 N–H and O–H groups in total. The number of H-pyrrole nitrogens is 2. The van der Waals surface area contributed by atoms with Crippen LogP contribution in [0, 0.1) is 33.1 Å². The summed E-state index contributed by atoms with van der Waals surface area (Å²) in [4.78, 5) is 31.8. The fourth-order valence-corrected chi connectivity index (χ4v) is 5.29.